The monoisotopic (exact) mass is 348 g/mol. The van der Waals surface area contributed by atoms with Crippen LogP contribution < -0.4 is 20.5 Å². The Hall–Kier alpha value is -2.78. The molecule has 8 nitrogen and oxygen atoms in total. The predicted octanol–water partition coefficient (Wildman–Crippen LogP) is 1.28. The number of hydrogen-bond acceptors (Lipinski definition) is 6. The highest BCUT2D eigenvalue weighted by Gasteiger charge is 2.22. The first-order valence-electron chi connectivity index (χ1n) is 7.13. The van der Waals surface area contributed by atoms with Crippen LogP contribution in [0.2, 0.25) is 0 Å². The number of rotatable bonds is 3. The number of oxime groups is 1. The fourth-order valence-electron chi connectivity index (χ4n) is 2.31. The smallest absolute Gasteiger partial charge is 0.242 e. The second-order valence-electron chi connectivity index (χ2n) is 5.10. The lowest BCUT2D eigenvalue weighted by Crippen LogP contribution is -2.25. The number of fused-ring (bicyclic) bond motifs is 1. The summed E-state index contributed by atoms with van der Waals surface area (Å²) in [4.78, 5) is 0.130. The van der Waals surface area contributed by atoms with Crippen LogP contribution in [0.4, 0.5) is 5.69 Å². The minimum absolute atomic E-state index is 0.0432. The summed E-state index contributed by atoms with van der Waals surface area (Å²) in [6.45, 7) is 0.823. The molecule has 2 aromatic rings. The van der Waals surface area contributed by atoms with Crippen LogP contribution in [-0.2, 0) is 10.0 Å². The molecule has 0 radical (unpaired) electrons. The molecule has 2 aromatic carbocycles. The first kappa shape index (κ1) is 16.1. The number of nitrogens with one attached hydrogen (secondary N) is 2. The maximum atomic E-state index is 12.2. The Morgan fingerprint density at radius 2 is 1.96 bits per heavy atom. The summed E-state index contributed by atoms with van der Waals surface area (Å²) in [5.74, 6) is 0.754. The number of benzene rings is 2. The van der Waals surface area contributed by atoms with Crippen molar-refractivity contribution in [1.82, 2.24) is 4.72 Å². The van der Waals surface area contributed by atoms with Crippen molar-refractivity contribution in [2.75, 3.05) is 18.4 Å². The van der Waals surface area contributed by atoms with Crippen LogP contribution in [0.1, 0.15) is 5.56 Å². The maximum absolute atomic E-state index is 12.2. The quantitative estimate of drug-likeness (QED) is 0.286. The van der Waals surface area contributed by atoms with Crippen LogP contribution >= 0.6 is 0 Å². The largest absolute Gasteiger partial charge is 0.457 e. The summed E-state index contributed by atoms with van der Waals surface area (Å²) in [7, 11) is -3.58. The summed E-state index contributed by atoms with van der Waals surface area (Å²) >= 11 is 0. The van der Waals surface area contributed by atoms with E-state index in [1.807, 2.05) is 0 Å². The molecule has 5 N–H and O–H groups in total. The van der Waals surface area contributed by atoms with Gasteiger partial charge in [-0.1, -0.05) is 17.3 Å². The lowest BCUT2D eigenvalue weighted by atomic mass is 10.2. The Labute approximate surface area is 139 Å². The third-order valence-corrected chi connectivity index (χ3v) is 4.95. The lowest BCUT2D eigenvalue weighted by Gasteiger charge is -2.11. The zero-order chi connectivity index (χ0) is 17.2. The van der Waals surface area contributed by atoms with E-state index in [1.165, 1.54) is 6.07 Å². The summed E-state index contributed by atoms with van der Waals surface area (Å²) in [5.41, 5.74) is 6.56. The molecule has 1 aliphatic rings. The molecule has 24 heavy (non-hydrogen) atoms. The maximum Gasteiger partial charge on any atom is 0.242 e. The first-order valence-corrected chi connectivity index (χ1v) is 8.61. The molecule has 126 valence electrons. The van der Waals surface area contributed by atoms with Crippen molar-refractivity contribution in [3.8, 4) is 11.5 Å². The number of hydrogen-bond donors (Lipinski definition) is 4. The van der Waals surface area contributed by atoms with Gasteiger partial charge in [-0.15, -0.1) is 0 Å². The minimum Gasteiger partial charge on any atom is -0.457 e. The Morgan fingerprint density at radius 3 is 2.75 bits per heavy atom. The molecule has 0 unspecified atom stereocenters. The molecule has 1 aliphatic heterocycles. The molecule has 0 aromatic heterocycles. The highest BCUT2D eigenvalue weighted by molar-refractivity contribution is 7.89. The van der Waals surface area contributed by atoms with Crippen molar-refractivity contribution in [3.05, 3.63) is 48.0 Å². The van der Waals surface area contributed by atoms with Gasteiger partial charge in [0, 0.05) is 24.7 Å². The molecular weight excluding hydrogens is 332 g/mol. The van der Waals surface area contributed by atoms with E-state index >= 15 is 0 Å². The van der Waals surface area contributed by atoms with E-state index in [0.717, 1.165) is 0 Å². The van der Waals surface area contributed by atoms with Crippen molar-refractivity contribution >= 4 is 21.5 Å². The van der Waals surface area contributed by atoms with Gasteiger partial charge in [0.1, 0.15) is 16.4 Å². The normalized spacial score (nSPS) is 16.6. The molecule has 0 amide bonds. The van der Waals surface area contributed by atoms with E-state index in [9.17, 15) is 8.42 Å². The third-order valence-electron chi connectivity index (χ3n) is 3.45. The average Bonchev–Trinajstić information content (AvgIpc) is 2.73. The van der Waals surface area contributed by atoms with Crippen LogP contribution in [0.15, 0.2) is 52.5 Å². The summed E-state index contributed by atoms with van der Waals surface area (Å²) < 4.78 is 32.6. The van der Waals surface area contributed by atoms with Crippen molar-refractivity contribution in [2.45, 2.75) is 4.90 Å². The number of nitrogens with two attached hydrogens (primary N) is 1. The fourth-order valence-corrected chi connectivity index (χ4v) is 3.53. The van der Waals surface area contributed by atoms with E-state index in [1.54, 1.807) is 36.4 Å². The van der Waals surface area contributed by atoms with Gasteiger partial charge in [-0.2, -0.15) is 0 Å². The van der Waals surface area contributed by atoms with E-state index in [0.29, 0.717) is 35.8 Å². The van der Waals surface area contributed by atoms with E-state index in [2.05, 4.69) is 15.2 Å². The predicted molar refractivity (Wildman–Crippen MR) is 89.1 cm³/mol. The Balaban J connectivity index is 1.94. The van der Waals surface area contributed by atoms with Crippen LogP contribution in [0.3, 0.4) is 0 Å². The fraction of sp³-hybridized carbons (Fsp3) is 0.133. The van der Waals surface area contributed by atoms with Gasteiger partial charge in [-0.25, -0.2) is 13.1 Å². The van der Waals surface area contributed by atoms with Crippen LogP contribution in [0.5, 0.6) is 11.5 Å². The highest BCUT2D eigenvalue weighted by Crippen LogP contribution is 2.30. The summed E-state index contributed by atoms with van der Waals surface area (Å²) in [6.07, 6.45) is 0. The zero-order valence-corrected chi connectivity index (χ0v) is 13.4. The Morgan fingerprint density at radius 1 is 1.17 bits per heavy atom. The number of sulfonamides is 1. The van der Waals surface area contributed by atoms with Crippen molar-refractivity contribution in [2.24, 2.45) is 10.9 Å². The van der Waals surface area contributed by atoms with Gasteiger partial charge in [0.05, 0.1) is 5.69 Å². The van der Waals surface area contributed by atoms with Gasteiger partial charge in [0.15, 0.2) is 5.84 Å². The molecule has 0 saturated heterocycles. The van der Waals surface area contributed by atoms with Gasteiger partial charge in [-0.05, 0) is 24.3 Å². The Bertz CT molecular complexity index is 896. The molecule has 0 aliphatic carbocycles. The number of nitrogens with zero attached hydrogens (tertiary/aromatic N) is 1. The molecule has 1 heterocycles. The molecule has 3 rings (SSSR count). The van der Waals surface area contributed by atoms with E-state index in [-0.39, 0.29) is 10.7 Å². The number of ether oxygens (including phenoxy) is 1. The molecular formula is C15H16N4O4S. The molecule has 0 spiro atoms. The van der Waals surface area contributed by atoms with Crippen molar-refractivity contribution < 1.29 is 18.4 Å². The number of amidine groups is 1. The van der Waals surface area contributed by atoms with E-state index in [4.69, 9.17) is 15.7 Å². The van der Waals surface area contributed by atoms with Crippen LogP contribution in [0.25, 0.3) is 0 Å². The summed E-state index contributed by atoms with van der Waals surface area (Å²) in [5, 5.41) is 14.7. The zero-order valence-electron chi connectivity index (χ0n) is 12.6. The van der Waals surface area contributed by atoms with Gasteiger partial charge < -0.3 is 21.0 Å². The SMILES string of the molecule is NC(=NO)c1cccc(Oc2ccc3c(c2)S(=O)(=O)NCCN3)c1. The second kappa shape index (κ2) is 6.38. The topological polar surface area (TPSA) is 126 Å². The van der Waals surface area contributed by atoms with Crippen molar-refractivity contribution in [3.63, 3.8) is 0 Å². The number of anilines is 1. The lowest BCUT2D eigenvalue weighted by molar-refractivity contribution is 0.318. The first-order chi connectivity index (χ1) is 11.5. The third kappa shape index (κ3) is 3.26. The van der Waals surface area contributed by atoms with Gasteiger partial charge in [-0.3, -0.25) is 0 Å². The molecule has 0 bridgehead atoms. The molecule has 0 fully saturated rings. The van der Waals surface area contributed by atoms with Gasteiger partial charge in [0.2, 0.25) is 10.0 Å². The highest BCUT2D eigenvalue weighted by atomic mass is 32.2. The minimum atomic E-state index is -3.58. The molecule has 9 heteroatoms. The van der Waals surface area contributed by atoms with Crippen LogP contribution in [-0.4, -0.2) is 32.6 Å². The molecule has 0 saturated carbocycles. The Kier molecular flexibility index (Phi) is 4.28. The van der Waals surface area contributed by atoms with Crippen LogP contribution in [0, 0.1) is 0 Å². The van der Waals surface area contributed by atoms with E-state index < -0.39 is 10.0 Å². The van der Waals surface area contributed by atoms with Crippen molar-refractivity contribution in [1.29, 1.82) is 0 Å². The second-order valence-corrected chi connectivity index (χ2v) is 6.83. The van der Waals surface area contributed by atoms with Gasteiger partial charge >= 0.3 is 0 Å². The summed E-state index contributed by atoms with van der Waals surface area (Å²) in [6, 6.07) is 11.4. The standard InChI is InChI=1S/C15H16N4O4S/c16-15(19-20)10-2-1-3-11(8-10)23-12-4-5-13-14(9-12)24(21,22)18-7-6-17-13/h1-5,8-9,17-18,20H,6-7H2,(H2,16,19). The van der Waals surface area contributed by atoms with Gasteiger partial charge in [0.25, 0.3) is 0 Å². The molecule has 0 atom stereocenters. The average molecular weight is 348 g/mol.